The monoisotopic (exact) mass is 452 g/mol. The number of carboxylic acids is 2. The van der Waals surface area contributed by atoms with E-state index in [0.29, 0.717) is 25.1 Å². The predicted octanol–water partition coefficient (Wildman–Crippen LogP) is 5.21. The van der Waals surface area contributed by atoms with E-state index in [0.717, 1.165) is 24.3 Å². The molecule has 170 valence electrons. The van der Waals surface area contributed by atoms with E-state index in [1.807, 2.05) is 6.92 Å². The summed E-state index contributed by atoms with van der Waals surface area (Å²) in [5.74, 6) is -2.60. The molecule has 0 fully saturated rings. The van der Waals surface area contributed by atoms with Gasteiger partial charge in [0, 0.05) is 17.9 Å². The Labute approximate surface area is 172 Å². The Morgan fingerprint density at radius 1 is 0.871 bits per heavy atom. The number of nitrogens with two attached hydrogens (primary N) is 1. The first-order chi connectivity index (χ1) is 14.2. The Morgan fingerprint density at radius 3 is 1.71 bits per heavy atom. The molecule has 2 rings (SSSR count). The molecule has 12 heteroatoms. The van der Waals surface area contributed by atoms with E-state index < -0.39 is 41.1 Å². The number of rotatable bonds is 5. The Kier molecular flexibility index (Phi) is 8.29. The maximum atomic E-state index is 12.4. The lowest BCUT2D eigenvalue weighted by atomic mass is 10.1. The molecule has 0 saturated carbocycles. The largest absolute Gasteiger partial charge is 0.478 e. The van der Waals surface area contributed by atoms with Crippen molar-refractivity contribution in [3.8, 4) is 0 Å². The Balaban J connectivity index is 0.000000316. The van der Waals surface area contributed by atoms with Crippen LogP contribution in [0.3, 0.4) is 0 Å². The molecule has 0 unspecified atom stereocenters. The molecule has 0 amide bonds. The number of nitrogen functional groups attached to an aromatic ring is 1. The number of halogens is 6. The Hall–Kier alpha value is -3.44. The van der Waals surface area contributed by atoms with Crippen LogP contribution >= 0.6 is 0 Å². The summed E-state index contributed by atoms with van der Waals surface area (Å²) in [6, 6.07) is 4.66. The zero-order valence-corrected chi connectivity index (χ0v) is 15.9. The second-order valence-corrected chi connectivity index (χ2v) is 6.09. The molecule has 2 aromatic rings. The fourth-order valence-corrected chi connectivity index (χ4v) is 2.25. The number of benzene rings is 2. The molecule has 31 heavy (non-hydrogen) atoms. The third-order valence-electron chi connectivity index (χ3n) is 3.75. The van der Waals surface area contributed by atoms with Gasteiger partial charge in [0.25, 0.3) is 0 Å². The minimum absolute atomic E-state index is 0.00539. The highest BCUT2D eigenvalue weighted by Gasteiger charge is 2.32. The average molecular weight is 452 g/mol. The highest BCUT2D eigenvalue weighted by molar-refractivity contribution is 5.94. The van der Waals surface area contributed by atoms with E-state index in [9.17, 15) is 35.9 Å². The third-order valence-corrected chi connectivity index (χ3v) is 3.75. The smallest absolute Gasteiger partial charge is 0.416 e. The Bertz CT molecular complexity index is 942. The predicted molar refractivity (Wildman–Crippen MR) is 100.0 cm³/mol. The molecule has 0 atom stereocenters. The second-order valence-electron chi connectivity index (χ2n) is 6.09. The van der Waals surface area contributed by atoms with Crippen LogP contribution in [0.5, 0.6) is 0 Å². The Morgan fingerprint density at radius 2 is 1.32 bits per heavy atom. The third kappa shape index (κ3) is 7.39. The minimum Gasteiger partial charge on any atom is -0.478 e. The van der Waals surface area contributed by atoms with Crippen molar-refractivity contribution in [3.05, 3.63) is 58.7 Å². The lowest BCUT2D eigenvalue weighted by Gasteiger charge is -2.12. The van der Waals surface area contributed by atoms with Gasteiger partial charge < -0.3 is 21.3 Å². The number of aromatic carboxylic acids is 2. The summed E-state index contributed by atoms with van der Waals surface area (Å²) in [6.07, 6.45) is -8.29. The van der Waals surface area contributed by atoms with E-state index in [1.54, 1.807) is 0 Å². The van der Waals surface area contributed by atoms with Crippen LogP contribution in [0, 0.1) is 0 Å². The second kappa shape index (κ2) is 10.0. The number of carboxylic acid groups (broad SMARTS) is 2. The molecule has 0 aliphatic heterocycles. The molecule has 0 heterocycles. The van der Waals surface area contributed by atoms with Gasteiger partial charge in [0.15, 0.2) is 0 Å². The van der Waals surface area contributed by atoms with Crippen LogP contribution < -0.4 is 11.1 Å². The molecule has 0 bridgehead atoms. The number of hydrogen-bond acceptors (Lipinski definition) is 4. The van der Waals surface area contributed by atoms with Crippen molar-refractivity contribution in [3.63, 3.8) is 0 Å². The molecule has 0 radical (unpaired) electrons. The van der Waals surface area contributed by atoms with Crippen LogP contribution in [0.15, 0.2) is 36.4 Å². The van der Waals surface area contributed by atoms with E-state index in [1.165, 1.54) is 0 Å². The van der Waals surface area contributed by atoms with E-state index in [-0.39, 0.29) is 16.8 Å². The zero-order chi connectivity index (χ0) is 24.0. The highest BCUT2D eigenvalue weighted by atomic mass is 19.4. The van der Waals surface area contributed by atoms with E-state index in [4.69, 9.17) is 15.9 Å². The van der Waals surface area contributed by atoms with Crippen molar-refractivity contribution in [1.82, 2.24) is 0 Å². The van der Waals surface area contributed by atoms with Crippen LogP contribution in [0.25, 0.3) is 0 Å². The summed E-state index contributed by atoms with van der Waals surface area (Å²) in [5.41, 5.74) is 2.42. The SMILES string of the molecule is CCCNc1cc(C(F)(F)F)ccc1C(=O)O.Nc1cc(C(F)(F)F)ccc1C(=O)O. The standard InChI is InChI=1S/C11H12F3NO2.C8H6F3NO2/c1-2-5-15-9-6-7(11(12,13)14)3-4-8(9)10(16)17;9-8(10,11)4-1-2-5(7(13)14)6(12)3-4/h3-4,6,15H,2,5H2,1H3,(H,16,17);1-3H,12H2,(H,13,14). The van der Waals surface area contributed by atoms with Crippen LogP contribution in [0.2, 0.25) is 0 Å². The molecule has 0 saturated heterocycles. The fourth-order valence-electron chi connectivity index (χ4n) is 2.25. The number of anilines is 2. The number of hydrogen-bond donors (Lipinski definition) is 4. The molecule has 0 spiro atoms. The van der Waals surface area contributed by atoms with Gasteiger partial charge in [-0.1, -0.05) is 6.92 Å². The molecule has 0 aliphatic rings. The van der Waals surface area contributed by atoms with Crippen LogP contribution in [0.4, 0.5) is 37.7 Å². The summed E-state index contributed by atoms with van der Waals surface area (Å²) in [5, 5.41) is 20.0. The van der Waals surface area contributed by atoms with Crippen molar-refractivity contribution >= 4 is 23.3 Å². The van der Waals surface area contributed by atoms with E-state index >= 15 is 0 Å². The summed E-state index contributed by atoms with van der Waals surface area (Å²) < 4.78 is 73.6. The molecule has 2 aromatic carbocycles. The van der Waals surface area contributed by atoms with Gasteiger partial charge in [-0.2, -0.15) is 26.3 Å². The van der Waals surface area contributed by atoms with Crippen molar-refractivity contribution in [2.45, 2.75) is 25.7 Å². The number of nitrogens with one attached hydrogen (secondary N) is 1. The topological polar surface area (TPSA) is 113 Å². The number of alkyl halides is 6. The molecule has 5 N–H and O–H groups in total. The molecule has 0 aromatic heterocycles. The minimum atomic E-state index is -4.51. The molecular formula is C19H18F6N2O4. The normalized spacial score (nSPS) is 11.3. The highest BCUT2D eigenvalue weighted by Crippen LogP contribution is 2.32. The van der Waals surface area contributed by atoms with Crippen LogP contribution in [0.1, 0.15) is 45.2 Å². The van der Waals surface area contributed by atoms with Crippen LogP contribution in [-0.4, -0.2) is 28.7 Å². The van der Waals surface area contributed by atoms with Gasteiger partial charge in [0.2, 0.25) is 0 Å². The van der Waals surface area contributed by atoms with Gasteiger partial charge in [-0.05, 0) is 42.8 Å². The number of carbonyl (C=O) groups is 2. The lowest BCUT2D eigenvalue weighted by molar-refractivity contribution is -0.138. The maximum Gasteiger partial charge on any atom is 0.416 e. The van der Waals surface area contributed by atoms with Gasteiger partial charge in [-0.15, -0.1) is 0 Å². The zero-order valence-electron chi connectivity index (χ0n) is 15.9. The average Bonchev–Trinajstić information content (AvgIpc) is 2.64. The first-order valence-electron chi connectivity index (χ1n) is 8.56. The van der Waals surface area contributed by atoms with Gasteiger partial charge in [0.05, 0.1) is 22.3 Å². The summed E-state index contributed by atoms with van der Waals surface area (Å²) in [4.78, 5) is 21.2. The first kappa shape index (κ1) is 25.6. The molecule has 6 nitrogen and oxygen atoms in total. The van der Waals surface area contributed by atoms with Gasteiger partial charge in [-0.3, -0.25) is 0 Å². The van der Waals surface area contributed by atoms with Gasteiger partial charge >= 0.3 is 24.3 Å². The quantitative estimate of drug-likeness (QED) is 0.366. The van der Waals surface area contributed by atoms with Crippen molar-refractivity contribution in [1.29, 1.82) is 0 Å². The molecular weight excluding hydrogens is 434 g/mol. The van der Waals surface area contributed by atoms with Crippen LogP contribution in [-0.2, 0) is 12.4 Å². The first-order valence-corrected chi connectivity index (χ1v) is 8.56. The van der Waals surface area contributed by atoms with E-state index in [2.05, 4.69) is 5.32 Å². The lowest BCUT2D eigenvalue weighted by Crippen LogP contribution is -2.11. The van der Waals surface area contributed by atoms with Crippen molar-refractivity contribution in [2.75, 3.05) is 17.6 Å². The maximum absolute atomic E-state index is 12.4. The molecule has 0 aliphatic carbocycles. The fraction of sp³-hybridized carbons (Fsp3) is 0.263. The van der Waals surface area contributed by atoms with Crippen molar-refractivity contribution < 1.29 is 46.1 Å². The van der Waals surface area contributed by atoms with Gasteiger partial charge in [-0.25, -0.2) is 9.59 Å². The van der Waals surface area contributed by atoms with Gasteiger partial charge in [0.1, 0.15) is 0 Å². The summed E-state index contributed by atoms with van der Waals surface area (Å²) in [7, 11) is 0. The van der Waals surface area contributed by atoms with Crippen molar-refractivity contribution in [2.24, 2.45) is 0 Å². The summed E-state index contributed by atoms with van der Waals surface area (Å²) in [6.45, 7) is 2.25. The summed E-state index contributed by atoms with van der Waals surface area (Å²) >= 11 is 0.